The molecule has 2 saturated heterocycles. The van der Waals surface area contributed by atoms with Gasteiger partial charge in [0, 0.05) is 22.7 Å². The van der Waals surface area contributed by atoms with Crippen LogP contribution >= 0.6 is 11.6 Å². The molecule has 4 nitrogen and oxygen atoms in total. The molecule has 2 aliphatic rings. The van der Waals surface area contributed by atoms with Crippen LogP contribution in [0.25, 0.3) is 11.4 Å². The third-order valence-electron chi connectivity index (χ3n) is 6.33. The highest BCUT2D eigenvalue weighted by atomic mass is 35.5. The van der Waals surface area contributed by atoms with E-state index in [0.29, 0.717) is 23.8 Å². The van der Waals surface area contributed by atoms with E-state index >= 15 is 0 Å². The molecule has 0 aliphatic carbocycles. The van der Waals surface area contributed by atoms with Crippen molar-refractivity contribution in [2.45, 2.75) is 43.2 Å². The maximum atomic E-state index is 6.12. The lowest BCUT2D eigenvalue weighted by Crippen LogP contribution is -2.44. The molecule has 2 aromatic carbocycles. The van der Waals surface area contributed by atoms with Gasteiger partial charge in [0.1, 0.15) is 0 Å². The van der Waals surface area contributed by atoms with Gasteiger partial charge < -0.3 is 4.52 Å². The lowest BCUT2D eigenvalue weighted by Gasteiger charge is -2.41. The van der Waals surface area contributed by atoms with Crippen molar-refractivity contribution < 1.29 is 4.52 Å². The van der Waals surface area contributed by atoms with Gasteiger partial charge in [0.05, 0.1) is 5.92 Å². The standard InChI is InChI=1S/C22H22ClN3O/c1-26-17-11-12-19(26)20(18(13-17)14-7-9-16(23)10-8-14)22-24-21(25-27-22)15-5-3-2-4-6-15/h2-10,17-20H,11-13H2,1H3/t17-,18-,19+,20+/m1/s1. The van der Waals surface area contributed by atoms with Crippen LogP contribution in [0.5, 0.6) is 0 Å². The number of fused-ring (bicyclic) bond motifs is 2. The summed E-state index contributed by atoms with van der Waals surface area (Å²) in [4.78, 5) is 7.34. The van der Waals surface area contributed by atoms with Crippen molar-refractivity contribution in [3.8, 4) is 11.4 Å². The minimum absolute atomic E-state index is 0.208. The van der Waals surface area contributed by atoms with Crippen molar-refractivity contribution in [2.24, 2.45) is 0 Å². The first kappa shape index (κ1) is 17.0. The summed E-state index contributed by atoms with van der Waals surface area (Å²) >= 11 is 6.12. The zero-order valence-corrected chi connectivity index (χ0v) is 16.0. The van der Waals surface area contributed by atoms with Crippen LogP contribution in [0.15, 0.2) is 59.1 Å². The number of hydrogen-bond acceptors (Lipinski definition) is 4. The summed E-state index contributed by atoms with van der Waals surface area (Å²) in [5.74, 6) is 2.01. The summed E-state index contributed by atoms with van der Waals surface area (Å²) in [6, 6.07) is 19.4. The van der Waals surface area contributed by atoms with E-state index in [9.17, 15) is 0 Å². The highest BCUT2D eigenvalue weighted by molar-refractivity contribution is 6.30. The van der Waals surface area contributed by atoms with Crippen molar-refractivity contribution in [3.05, 3.63) is 71.1 Å². The molecule has 0 N–H and O–H groups in total. The number of hydrogen-bond donors (Lipinski definition) is 0. The quantitative estimate of drug-likeness (QED) is 0.633. The Hall–Kier alpha value is -2.17. The van der Waals surface area contributed by atoms with E-state index in [4.69, 9.17) is 21.1 Å². The molecule has 2 aliphatic heterocycles. The van der Waals surface area contributed by atoms with Gasteiger partial charge in [0.25, 0.3) is 0 Å². The van der Waals surface area contributed by atoms with E-state index < -0.39 is 0 Å². The molecular weight excluding hydrogens is 358 g/mol. The number of piperidine rings is 1. The number of benzene rings is 2. The first-order valence-electron chi connectivity index (χ1n) is 9.57. The Labute approximate surface area is 164 Å². The predicted octanol–water partition coefficient (Wildman–Crippen LogP) is 5.12. The Kier molecular flexibility index (Phi) is 4.25. The summed E-state index contributed by atoms with van der Waals surface area (Å²) in [5.41, 5.74) is 2.30. The molecule has 0 unspecified atom stereocenters. The fraction of sp³-hybridized carbons (Fsp3) is 0.364. The third-order valence-corrected chi connectivity index (χ3v) is 6.58. The van der Waals surface area contributed by atoms with Crippen LogP contribution < -0.4 is 0 Å². The van der Waals surface area contributed by atoms with Gasteiger partial charge >= 0.3 is 0 Å². The van der Waals surface area contributed by atoms with Gasteiger partial charge in [-0.25, -0.2) is 0 Å². The summed E-state index contributed by atoms with van der Waals surface area (Å²) in [6.07, 6.45) is 3.53. The van der Waals surface area contributed by atoms with Crippen molar-refractivity contribution >= 4 is 11.6 Å². The van der Waals surface area contributed by atoms with Crippen molar-refractivity contribution in [2.75, 3.05) is 7.05 Å². The molecule has 0 saturated carbocycles. The van der Waals surface area contributed by atoms with Crippen molar-refractivity contribution in [3.63, 3.8) is 0 Å². The fourth-order valence-electron chi connectivity index (χ4n) is 4.93. The fourth-order valence-corrected chi connectivity index (χ4v) is 5.06. The number of aromatic nitrogens is 2. The molecule has 5 heteroatoms. The van der Waals surface area contributed by atoms with Crippen molar-refractivity contribution in [1.82, 2.24) is 15.0 Å². The molecule has 0 radical (unpaired) electrons. The number of likely N-dealkylation sites (N-methyl/N-ethyl adjacent to an activating group) is 1. The van der Waals surface area contributed by atoms with Gasteiger partial charge in [0.2, 0.25) is 11.7 Å². The van der Waals surface area contributed by atoms with Gasteiger partial charge in [-0.1, -0.05) is 59.2 Å². The summed E-state index contributed by atoms with van der Waals surface area (Å²) < 4.78 is 5.82. The molecule has 27 heavy (non-hydrogen) atoms. The summed E-state index contributed by atoms with van der Waals surface area (Å²) in [5, 5.41) is 5.06. The maximum Gasteiger partial charge on any atom is 0.232 e. The molecule has 2 bridgehead atoms. The van der Waals surface area contributed by atoms with E-state index in [2.05, 4.69) is 29.2 Å². The average Bonchev–Trinajstić information content (AvgIpc) is 3.26. The molecular formula is C22H22ClN3O. The molecule has 3 aromatic rings. The van der Waals surface area contributed by atoms with Crippen LogP contribution in [0.2, 0.25) is 5.02 Å². The largest absolute Gasteiger partial charge is 0.339 e. The van der Waals surface area contributed by atoms with Crippen LogP contribution in [0, 0.1) is 0 Å². The summed E-state index contributed by atoms with van der Waals surface area (Å²) in [7, 11) is 2.24. The Morgan fingerprint density at radius 3 is 2.59 bits per heavy atom. The Bertz CT molecular complexity index is 924. The minimum Gasteiger partial charge on any atom is -0.339 e. The van der Waals surface area contributed by atoms with Crippen LogP contribution in [-0.4, -0.2) is 34.2 Å². The smallest absolute Gasteiger partial charge is 0.232 e. The van der Waals surface area contributed by atoms with Gasteiger partial charge in [-0.05, 0) is 49.9 Å². The molecule has 5 rings (SSSR count). The second kappa shape index (κ2) is 6.77. The second-order valence-corrected chi connectivity index (χ2v) is 8.14. The molecule has 138 valence electrons. The van der Waals surface area contributed by atoms with E-state index in [1.54, 1.807) is 0 Å². The zero-order valence-electron chi connectivity index (χ0n) is 15.3. The molecule has 0 amide bonds. The molecule has 1 aromatic heterocycles. The van der Waals surface area contributed by atoms with Crippen molar-refractivity contribution in [1.29, 1.82) is 0 Å². The first-order valence-corrected chi connectivity index (χ1v) is 9.95. The second-order valence-electron chi connectivity index (χ2n) is 7.71. The first-order chi connectivity index (χ1) is 13.2. The lowest BCUT2D eigenvalue weighted by atomic mass is 9.76. The minimum atomic E-state index is 0.208. The van der Waals surface area contributed by atoms with Gasteiger partial charge in [-0.3, -0.25) is 4.90 Å². The zero-order chi connectivity index (χ0) is 18.4. The Morgan fingerprint density at radius 1 is 1.04 bits per heavy atom. The van der Waals surface area contributed by atoms with E-state index in [1.165, 1.54) is 18.4 Å². The highest BCUT2D eigenvalue weighted by Gasteiger charge is 2.48. The van der Waals surface area contributed by atoms with Crippen LogP contribution in [0.4, 0.5) is 0 Å². The SMILES string of the molecule is CN1[C@@H]2CC[C@H]1[C@@H](c1nc(-c3ccccc3)no1)[C@@H](c1ccc(Cl)cc1)C2. The van der Waals surface area contributed by atoms with Gasteiger partial charge in [-0.2, -0.15) is 4.98 Å². The van der Waals surface area contributed by atoms with E-state index in [0.717, 1.165) is 22.9 Å². The van der Waals surface area contributed by atoms with Crippen LogP contribution in [0.3, 0.4) is 0 Å². The van der Waals surface area contributed by atoms with Gasteiger partial charge in [-0.15, -0.1) is 0 Å². The molecule has 2 fully saturated rings. The topological polar surface area (TPSA) is 42.2 Å². The monoisotopic (exact) mass is 379 g/mol. The molecule has 4 atom stereocenters. The highest BCUT2D eigenvalue weighted by Crippen LogP contribution is 2.50. The lowest BCUT2D eigenvalue weighted by molar-refractivity contribution is 0.120. The van der Waals surface area contributed by atoms with Crippen LogP contribution in [-0.2, 0) is 0 Å². The normalized spacial score (nSPS) is 27.8. The average molecular weight is 380 g/mol. The molecule has 0 spiro atoms. The van der Waals surface area contributed by atoms with Gasteiger partial charge in [0.15, 0.2) is 0 Å². The predicted molar refractivity (Wildman–Crippen MR) is 106 cm³/mol. The number of nitrogens with zero attached hydrogens (tertiary/aromatic N) is 3. The maximum absolute atomic E-state index is 6.12. The molecule has 3 heterocycles. The number of halogens is 1. The van der Waals surface area contributed by atoms with E-state index in [1.807, 2.05) is 42.5 Å². The van der Waals surface area contributed by atoms with E-state index in [-0.39, 0.29) is 5.92 Å². The van der Waals surface area contributed by atoms with Crippen LogP contribution in [0.1, 0.15) is 42.6 Å². The Morgan fingerprint density at radius 2 is 1.81 bits per heavy atom. The number of rotatable bonds is 3. The Balaban J connectivity index is 1.54. The summed E-state index contributed by atoms with van der Waals surface area (Å²) in [6.45, 7) is 0. The third kappa shape index (κ3) is 2.97.